The number of hydrogen-bond acceptors (Lipinski definition) is 5. The minimum absolute atomic E-state index is 0.204. The standard InChI is InChI=1S/C14H12N2O3S/c17-14(13-3-5-15-19-13)16(8-11-4-7-20-10-11)9-12-2-1-6-18-12/h1-7,10H,8-9H2. The lowest BCUT2D eigenvalue weighted by Crippen LogP contribution is -2.29. The summed E-state index contributed by atoms with van der Waals surface area (Å²) in [5.41, 5.74) is 1.08. The summed E-state index contributed by atoms with van der Waals surface area (Å²) < 4.78 is 10.3. The molecule has 0 aliphatic rings. The van der Waals surface area contributed by atoms with Gasteiger partial charge in [-0.05, 0) is 34.5 Å². The van der Waals surface area contributed by atoms with Crippen LogP contribution in [0.1, 0.15) is 21.9 Å². The third kappa shape index (κ3) is 2.80. The third-order valence-electron chi connectivity index (χ3n) is 2.82. The number of carbonyl (C=O) groups excluding carboxylic acids is 1. The van der Waals surface area contributed by atoms with Crippen LogP contribution in [0.15, 0.2) is 56.4 Å². The van der Waals surface area contributed by atoms with Crippen LogP contribution in [0, 0.1) is 0 Å². The normalized spacial score (nSPS) is 10.6. The molecule has 0 saturated carbocycles. The number of nitrogens with zero attached hydrogens (tertiary/aromatic N) is 2. The van der Waals surface area contributed by atoms with Crippen LogP contribution in [0.4, 0.5) is 0 Å². The fourth-order valence-corrected chi connectivity index (χ4v) is 2.53. The van der Waals surface area contributed by atoms with Crippen LogP contribution < -0.4 is 0 Å². The molecule has 1 amide bonds. The Morgan fingerprint density at radius 2 is 2.25 bits per heavy atom. The fourth-order valence-electron chi connectivity index (χ4n) is 1.88. The van der Waals surface area contributed by atoms with Gasteiger partial charge in [0.1, 0.15) is 5.76 Å². The van der Waals surface area contributed by atoms with E-state index in [1.165, 1.54) is 6.20 Å². The van der Waals surface area contributed by atoms with E-state index in [1.807, 2.05) is 22.9 Å². The van der Waals surface area contributed by atoms with Crippen molar-refractivity contribution in [3.63, 3.8) is 0 Å². The predicted octanol–water partition coefficient (Wildman–Crippen LogP) is 3.17. The van der Waals surface area contributed by atoms with Crippen LogP contribution in [0.25, 0.3) is 0 Å². The molecule has 3 aromatic heterocycles. The molecule has 5 nitrogen and oxygen atoms in total. The Morgan fingerprint density at radius 3 is 2.90 bits per heavy atom. The zero-order chi connectivity index (χ0) is 13.8. The molecule has 0 radical (unpaired) electrons. The Bertz CT molecular complexity index is 608. The average Bonchev–Trinajstić information content (AvgIpc) is 3.20. The number of amides is 1. The van der Waals surface area contributed by atoms with Gasteiger partial charge in [0.2, 0.25) is 5.76 Å². The van der Waals surface area contributed by atoms with Gasteiger partial charge in [0, 0.05) is 12.6 Å². The van der Waals surface area contributed by atoms with Crippen molar-refractivity contribution in [1.82, 2.24) is 10.1 Å². The maximum Gasteiger partial charge on any atom is 0.293 e. The minimum Gasteiger partial charge on any atom is -0.467 e. The summed E-state index contributed by atoms with van der Waals surface area (Å²) in [4.78, 5) is 14.1. The van der Waals surface area contributed by atoms with Crippen LogP contribution >= 0.6 is 11.3 Å². The summed E-state index contributed by atoms with van der Waals surface area (Å²) in [5, 5.41) is 7.58. The number of rotatable bonds is 5. The second-order valence-electron chi connectivity index (χ2n) is 4.25. The molecule has 0 N–H and O–H groups in total. The molecule has 0 aliphatic carbocycles. The van der Waals surface area contributed by atoms with Crippen LogP contribution in [0.3, 0.4) is 0 Å². The summed E-state index contributed by atoms with van der Waals surface area (Å²) in [6.45, 7) is 0.895. The van der Waals surface area contributed by atoms with Crippen LogP contribution in [-0.2, 0) is 13.1 Å². The second kappa shape index (κ2) is 5.75. The first-order chi connectivity index (χ1) is 9.83. The highest BCUT2D eigenvalue weighted by Gasteiger charge is 2.20. The molecule has 0 saturated heterocycles. The zero-order valence-electron chi connectivity index (χ0n) is 10.6. The van der Waals surface area contributed by atoms with E-state index in [-0.39, 0.29) is 11.7 Å². The lowest BCUT2D eigenvalue weighted by Gasteiger charge is -2.19. The topological polar surface area (TPSA) is 59.5 Å². The van der Waals surface area contributed by atoms with E-state index in [0.717, 1.165) is 11.3 Å². The molecule has 3 aromatic rings. The molecule has 0 unspecified atom stereocenters. The van der Waals surface area contributed by atoms with Crippen molar-refractivity contribution < 1.29 is 13.7 Å². The summed E-state index contributed by atoms with van der Waals surface area (Å²) >= 11 is 1.60. The highest BCUT2D eigenvalue weighted by atomic mass is 32.1. The Hall–Kier alpha value is -2.34. The maximum absolute atomic E-state index is 12.4. The van der Waals surface area contributed by atoms with Gasteiger partial charge in [-0.2, -0.15) is 11.3 Å². The molecule has 0 aliphatic heterocycles. The molecular weight excluding hydrogens is 276 g/mol. The lowest BCUT2D eigenvalue weighted by atomic mass is 10.2. The van der Waals surface area contributed by atoms with Crippen molar-refractivity contribution in [3.8, 4) is 0 Å². The molecule has 0 aromatic carbocycles. The molecule has 0 fully saturated rings. The van der Waals surface area contributed by atoms with E-state index in [9.17, 15) is 4.79 Å². The van der Waals surface area contributed by atoms with Crippen molar-refractivity contribution in [2.45, 2.75) is 13.1 Å². The zero-order valence-corrected chi connectivity index (χ0v) is 11.4. The molecule has 6 heteroatoms. The average molecular weight is 288 g/mol. The SMILES string of the molecule is O=C(c1ccno1)N(Cc1ccsc1)Cc1ccco1. The molecule has 3 rings (SSSR count). The van der Waals surface area contributed by atoms with Gasteiger partial charge in [0.05, 0.1) is 19.0 Å². The number of carbonyl (C=O) groups is 1. The molecule has 20 heavy (non-hydrogen) atoms. The quantitative estimate of drug-likeness (QED) is 0.723. The second-order valence-corrected chi connectivity index (χ2v) is 5.03. The highest BCUT2D eigenvalue weighted by molar-refractivity contribution is 7.07. The number of hydrogen-bond donors (Lipinski definition) is 0. The monoisotopic (exact) mass is 288 g/mol. The van der Waals surface area contributed by atoms with Crippen molar-refractivity contribution in [2.75, 3.05) is 0 Å². The van der Waals surface area contributed by atoms with Gasteiger partial charge in [-0.15, -0.1) is 0 Å². The minimum atomic E-state index is -0.204. The van der Waals surface area contributed by atoms with E-state index in [4.69, 9.17) is 8.94 Å². The molecule has 0 spiro atoms. The van der Waals surface area contributed by atoms with Crippen LogP contribution in [-0.4, -0.2) is 16.0 Å². The van der Waals surface area contributed by atoms with E-state index in [2.05, 4.69) is 5.16 Å². The van der Waals surface area contributed by atoms with E-state index < -0.39 is 0 Å². The Kier molecular flexibility index (Phi) is 3.64. The number of aromatic nitrogens is 1. The first kappa shape index (κ1) is 12.7. The van der Waals surface area contributed by atoms with E-state index in [1.54, 1.807) is 34.6 Å². The van der Waals surface area contributed by atoms with Crippen molar-refractivity contribution in [3.05, 3.63) is 64.6 Å². The van der Waals surface area contributed by atoms with Crippen molar-refractivity contribution in [2.24, 2.45) is 0 Å². The van der Waals surface area contributed by atoms with Gasteiger partial charge in [-0.1, -0.05) is 5.16 Å². The van der Waals surface area contributed by atoms with Crippen molar-refractivity contribution in [1.29, 1.82) is 0 Å². The molecule has 102 valence electrons. The maximum atomic E-state index is 12.4. The largest absolute Gasteiger partial charge is 0.467 e. The van der Waals surface area contributed by atoms with Gasteiger partial charge in [0.25, 0.3) is 5.91 Å². The summed E-state index contributed by atoms with van der Waals surface area (Å²) in [6, 6.07) is 7.20. The Labute approximate surface area is 119 Å². The predicted molar refractivity (Wildman–Crippen MR) is 73.1 cm³/mol. The summed E-state index contributed by atoms with van der Waals surface area (Å²) in [6.07, 6.45) is 3.06. The van der Waals surface area contributed by atoms with Gasteiger partial charge in [-0.25, -0.2) is 0 Å². The Morgan fingerprint density at radius 1 is 1.30 bits per heavy atom. The fraction of sp³-hybridized carbons (Fsp3) is 0.143. The van der Waals surface area contributed by atoms with Crippen LogP contribution in [0.5, 0.6) is 0 Å². The highest BCUT2D eigenvalue weighted by Crippen LogP contribution is 2.16. The van der Waals surface area contributed by atoms with Crippen LogP contribution in [0.2, 0.25) is 0 Å². The first-order valence-electron chi connectivity index (χ1n) is 6.06. The third-order valence-corrected chi connectivity index (χ3v) is 3.55. The van der Waals surface area contributed by atoms with E-state index in [0.29, 0.717) is 13.1 Å². The Balaban J connectivity index is 1.81. The molecular formula is C14H12N2O3S. The molecule has 0 atom stereocenters. The smallest absolute Gasteiger partial charge is 0.293 e. The van der Waals surface area contributed by atoms with Crippen molar-refractivity contribution >= 4 is 17.2 Å². The van der Waals surface area contributed by atoms with Gasteiger partial charge < -0.3 is 13.8 Å². The number of thiophene rings is 1. The first-order valence-corrected chi connectivity index (χ1v) is 7.00. The number of furan rings is 1. The summed E-state index contributed by atoms with van der Waals surface area (Å²) in [5.74, 6) is 0.755. The van der Waals surface area contributed by atoms with Gasteiger partial charge >= 0.3 is 0 Å². The summed E-state index contributed by atoms with van der Waals surface area (Å²) in [7, 11) is 0. The molecule has 0 bridgehead atoms. The van der Waals surface area contributed by atoms with Gasteiger partial charge in [-0.3, -0.25) is 4.79 Å². The lowest BCUT2D eigenvalue weighted by molar-refractivity contribution is 0.0675. The van der Waals surface area contributed by atoms with E-state index >= 15 is 0 Å². The molecule has 3 heterocycles. The van der Waals surface area contributed by atoms with Gasteiger partial charge in [0.15, 0.2) is 0 Å².